The second-order valence-electron chi connectivity index (χ2n) is 9.95. The summed E-state index contributed by atoms with van der Waals surface area (Å²) >= 11 is 0. The van der Waals surface area contributed by atoms with Crippen LogP contribution in [0.5, 0.6) is 0 Å². The van der Waals surface area contributed by atoms with Gasteiger partial charge in [-0.1, -0.05) is 18.2 Å². The summed E-state index contributed by atoms with van der Waals surface area (Å²) in [6.07, 6.45) is 0.526. The quantitative estimate of drug-likeness (QED) is 0.162. The molecule has 4 N–H and O–H groups in total. The van der Waals surface area contributed by atoms with Gasteiger partial charge in [0.25, 0.3) is 5.91 Å². The van der Waals surface area contributed by atoms with Crippen LogP contribution < -0.4 is 21.3 Å². The first-order valence-electron chi connectivity index (χ1n) is 14.3. The van der Waals surface area contributed by atoms with Gasteiger partial charge < -0.3 is 35.1 Å². The topological polar surface area (TPSA) is 147 Å². The Morgan fingerprint density at radius 3 is 2.38 bits per heavy atom. The van der Waals surface area contributed by atoms with Gasteiger partial charge in [0.05, 0.1) is 39.6 Å². The van der Waals surface area contributed by atoms with Crippen LogP contribution >= 0.6 is 0 Å². The number of carbonyl (C=O) groups excluding carboxylic acids is 4. The molecule has 12 nitrogen and oxygen atoms in total. The summed E-state index contributed by atoms with van der Waals surface area (Å²) in [5.41, 5.74) is 3.86. The average Bonchev–Trinajstić information content (AvgIpc) is 3.31. The highest BCUT2D eigenvalue weighted by atomic mass is 16.5. The highest BCUT2D eigenvalue weighted by molar-refractivity contribution is 6.05. The summed E-state index contributed by atoms with van der Waals surface area (Å²) < 4.78 is 16.1. The van der Waals surface area contributed by atoms with Gasteiger partial charge in [-0.25, -0.2) is 0 Å². The second-order valence-corrected chi connectivity index (χ2v) is 9.95. The van der Waals surface area contributed by atoms with Crippen LogP contribution in [0.1, 0.15) is 41.3 Å². The number of carbonyl (C=O) groups is 4. The number of fused-ring (bicyclic) bond motifs is 1. The minimum absolute atomic E-state index is 0.0427. The number of nitrogens with one attached hydrogen (secondary N) is 4. The van der Waals surface area contributed by atoms with Crippen molar-refractivity contribution in [2.75, 3.05) is 63.4 Å². The van der Waals surface area contributed by atoms with Crippen LogP contribution in [0.15, 0.2) is 42.5 Å². The Labute approximate surface area is 245 Å². The fraction of sp³-hybridized carbons (Fsp3) is 0.467. The molecule has 0 bridgehead atoms. The number of imide groups is 1. The summed E-state index contributed by atoms with van der Waals surface area (Å²) in [6, 6.07) is 12.5. The van der Waals surface area contributed by atoms with Crippen molar-refractivity contribution in [1.82, 2.24) is 15.5 Å². The molecule has 1 saturated heterocycles. The molecule has 2 aromatic rings. The number of rotatable bonds is 17. The van der Waals surface area contributed by atoms with Gasteiger partial charge in [-0.3, -0.25) is 24.5 Å². The van der Waals surface area contributed by atoms with Gasteiger partial charge >= 0.3 is 0 Å². The van der Waals surface area contributed by atoms with Crippen molar-refractivity contribution in [3.8, 4) is 0 Å². The SMILES string of the molecule is CCOCCOCCOCCNc1ccc(CNC(=O)CNc2ccc3c(c2)C(=O)N(C2CCC(=O)NC2=O)C3)cc1. The van der Waals surface area contributed by atoms with Crippen molar-refractivity contribution in [2.24, 2.45) is 0 Å². The molecule has 2 aromatic carbocycles. The van der Waals surface area contributed by atoms with Gasteiger partial charge in [0.15, 0.2) is 0 Å². The zero-order chi connectivity index (χ0) is 29.7. The molecule has 0 aliphatic carbocycles. The summed E-state index contributed by atoms with van der Waals surface area (Å²) in [7, 11) is 0. The van der Waals surface area contributed by atoms with Crippen LogP contribution in [-0.2, 0) is 41.7 Å². The Morgan fingerprint density at radius 1 is 0.929 bits per heavy atom. The minimum atomic E-state index is -0.657. The van der Waals surface area contributed by atoms with Crippen LogP contribution in [0.2, 0.25) is 0 Å². The Bertz CT molecular complexity index is 1240. The lowest BCUT2D eigenvalue weighted by Gasteiger charge is -2.29. The highest BCUT2D eigenvalue weighted by Gasteiger charge is 2.39. The number of benzene rings is 2. The number of anilines is 2. The molecule has 42 heavy (non-hydrogen) atoms. The van der Waals surface area contributed by atoms with Crippen LogP contribution in [0.4, 0.5) is 11.4 Å². The molecule has 4 amide bonds. The molecule has 1 fully saturated rings. The first-order chi connectivity index (χ1) is 20.4. The van der Waals surface area contributed by atoms with Gasteiger partial charge in [0.2, 0.25) is 17.7 Å². The third kappa shape index (κ3) is 9.00. The summed E-state index contributed by atoms with van der Waals surface area (Å²) in [5.74, 6) is -1.20. The van der Waals surface area contributed by atoms with E-state index in [1.807, 2.05) is 43.3 Å². The van der Waals surface area contributed by atoms with Gasteiger partial charge in [-0.05, 0) is 48.7 Å². The molecule has 226 valence electrons. The molecule has 0 spiro atoms. The zero-order valence-electron chi connectivity index (χ0n) is 23.9. The summed E-state index contributed by atoms with van der Waals surface area (Å²) in [5, 5.41) is 11.5. The molecular formula is C30H39N5O7. The van der Waals surface area contributed by atoms with E-state index in [2.05, 4.69) is 21.3 Å². The third-order valence-electron chi connectivity index (χ3n) is 6.95. The average molecular weight is 582 g/mol. The molecule has 0 saturated carbocycles. The predicted molar refractivity (Wildman–Crippen MR) is 156 cm³/mol. The maximum Gasteiger partial charge on any atom is 0.255 e. The monoisotopic (exact) mass is 581 g/mol. The van der Waals surface area contributed by atoms with Crippen molar-refractivity contribution >= 4 is 35.0 Å². The lowest BCUT2D eigenvalue weighted by Crippen LogP contribution is -2.52. The van der Waals surface area contributed by atoms with E-state index in [0.717, 1.165) is 16.8 Å². The molecule has 0 aromatic heterocycles. The number of nitrogens with zero attached hydrogens (tertiary/aromatic N) is 1. The lowest BCUT2D eigenvalue weighted by molar-refractivity contribution is -0.137. The Kier molecular flexibility index (Phi) is 11.7. The molecular weight excluding hydrogens is 542 g/mol. The highest BCUT2D eigenvalue weighted by Crippen LogP contribution is 2.29. The number of amides is 4. The fourth-order valence-corrected chi connectivity index (χ4v) is 4.70. The molecule has 0 radical (unpaired) electrons. The molecule has 1 atom stereocenters. The van der Waals surface area contributed by atoms with Crippen LogP contribution in [-0.4, -0.2) is 87.3 Å². The van der Waals surface area contributed by atoms with Crippen molar-refractivity contribution in [2.45, 2.75) is 38.9 Å². The van der Waals surface area contributed by atoms with Crippen molar-refractivity contribution in [3.05, 3.63) is 59.2 Å². The summed E-state index contributed by atoms with van der Waals surface area (Å²) in [6.45, 7) is 6.88. The van der Waals surface area contributed by atoms with E-state index in [-0.39, 0.29) is 30.7 Å². The van der Waals surface area contributed by atoms with E-state index in [1.165, 1.54) is 4.90 Å². The van der Waals surface area contributed by atoms with Gasteiger partial charge in [0, 0.05) is 49.6 Å². The molecule has 2 aliphatic rings. The molecule has 1 unspecified atom stereocenters. The lowest BCUT2D eigenvalue weighted by atomic mass is 10.0. The first kappa shape index (κ1) is 30.9. The van der Waals surface area contributed by atoms with E-state index in [0.29, 0.717) is 76.9 Å². The summed E-state index contributed by atoms with van der Waals surface area (Å²) in [4.78, 5) is 50.6. The molecule has 4 rings (SSSR count). The number of piperidine rings is 1. The van der Waals surface area contributed by atoms with E-state index in [1.54, 1.807) is 6.07 Å². The van der Waals surface area contributed by atoms with Crippen molar-refractivity contribution in [1.29, 1.82) is 0 Å². The second kappa shape index (κ2) is 15.9. The van der Waals surface area contributed by atoms with E-state index < -0.39 is 11.9 Å². The standard InChI is InChI=1S/C30H39N5O7/c1-2-40-13-14-42-16-15-41-12-11-31-23-6-3-21(4-7-23)18-33-28(37)19-32-24-8-5-22-20-35(30(39)25(22)17-24)26-9-10-27(36)34-29(26)38/h3-8,17,26,31-32H,2,9-16,18-20H2,1H3,(H,33,37)(H,34,36,38). The molecule has 2 aliphatic heterocycles. The minimum Gasteiger partial charge on any atom is -0.383 e. The van der Waals surface area contributed by atoms with E-state index in [4.69, 9.17) is 14.2 Å². The fourth-order valence-electron chi connectivity index (χ4n) is 4.70. The molecule has 12 heteroatoms. The molecule has 2 heterocycles. The maximum atomic E-state index is 13.0. The predicted octanol–water partition coefficient (Wildman–Crippen LogP) is 1.66. The first-order valence-corrected chi connectivity index (χ1v) is 14.3. The van der Waals surface area contributed by atoms with Gasteiger partial charge in [0.1, 0.15) is 6.04 Å². The Balaban J connectivity index is 1.12. The van der Waals surface area contributed by atoms with Gasteiger partial charge in [-0.2, -0.15) is 0 Å². The zero-order valence-corrected chi connectivity index (χ0v) is 23.9. The van der Waals surface area contributed by atoms with E-state index in [9.17, 15) is 19.2 Å². The van der Waals surface area contributed by atoms with E-state index >= 15 is 0 Å². The third-order valence-corrected chi connectivity index (χ3v) is 6.95. The van der Waals surface area contributed by atoms with Crippen molar-refractivity contribution in [3.63, 3.8) is 0 Å². The Morgan fingerprint density at radius 2 is 1.64 bits per heavy atom. The largest absolute Gasteiger partial charge is 0.383 e. The maximum absolute atomic E-state index is 13.0. The number of hydrogen-bond donors (Lipinski definition) is 4. The van der Waals surface area contributed by atoms with Crippen molar-refractivity contribution < 1.29 is 33.4 Å². The van der Waals surface area contributed by atoms with Crippen LogP contribution in [0.25, 0.3) is 0 Å². The number of ether oxygens (including phenoxy) is 3. The Hall–Kier alpha value is -4.00. The normalized spacial score (nSPS) is 16.3. The van der Waals surface area contributed by atoms with Crippen LogP contribution in [0, 0.1) is 0 Å². The van der Waals surface area contributed by atoms with Crippen LogP contribution in [0.3, 0.4) is 0 Å². The van der Waals surface area contributed by atoms with Gasteiger partial charge in [-0.15, -0.1) is 0 Å². The number of hydrogen-bond acceptors (Lipinski definition) is 9. The smallest absolute Gasteiger partial charge is 0.255 e.